The van der Waals surface area contributed by atoms with Gasteiger partial charge in [-0.2, -0.15) is 0 Å². The van der Waals surface area contributed by atoms with Crippen molar-refractivity contribution in [3.8, 4) is 5.75 Å². The van der Waals surface area contributed by atoms with E-state index in [4.69, 9.17) is 9.84 Å². The number of amides is 2. The second kappa shape index (κ2) is 7.26. The monoisotopic (exact) mass is 296 g/mol. The average molecular weight is 296 g/mol. The van der Waals surface area contributed by atoms with Crippen LogP contribution in [0, 0.1) is 11.7 Å². The van der Waals surface area contributed by atoms with Crippen LogP contribution >= 0.6 is 0 Å². The lowest BCUT2D eigenvalue weighted by atomic mass is 10.2. The van der Waals surface area contributed by atoms with Gasteiger partial charge in [0.1, 0.15) is 11.6 Å². The van der Waals surface area contributed by atoms with Crippen molar-refractivity contribution in [2.45, 2.75) is 32.2 Å². The highest BCUT2D eigenvalue weighted by molar-refractivity contribution is 5.91. The summed E-state index contributed by atoms with van der Waals surface area (Å²) in [6.45, 7) is 2.27. The van der Waals surface area contributed by atoms with Gasteiger partial charge < -0.3 is 20.5 Å². The Morgan fingerprint density at radius 1 is 1.52 bits per heavy atom. The molecule has 6 heteroatoms. The van der Waals surface area contributed by atoms with Crippen molar-refractivity contribution in [2.75, 3.05) is 18.5 Å². The Morgan fingerprint density at radius 3 is 2.90 bits per heavy atom. The minimum Gasteiger partial charge on any atom is -0.491 e. The molecule has 5 nitrogen and oxygen atoms in total. The SMILES string of the molecule is CC[C@H](CO)NC(=O)Nc1ccc(F)cc1OCC1CC1. The number of carbonyl (C=O) groups is 1. The number of anilines is 1. The van der Waals surface area contributed by atoms with Crippen LogP contribution in [0.5, 0.6) is 5.75 Å². The van der Waals surface area contributed by atoms with Gasteiger partial charge in [0.05, 0.1) is 24.9 Å². The Kier molecular flexibility index (Phi) is 5.38. The largest absolute Gasteiger partial charge is 0.491 e. The summed E-state index contributed by atoms with van der Waals surface area (Å²) in [5.74, 6) is 0.455. The predicted molar refractivity (Wildman–Crippen MR) is 77.9 cm³/mol. The molecule has 0 heterocycles. The van der Waals surface area contributed by atoms with Gasteiger partial charge in [0, 0.05) is 6.07 Å². The lowest BCUT2D eigenvalue weighted by Crippen LogP contribution is -2.39. The molecule has 0 spiro atoms. The van der Waals surface area contributed by atoms with E-state index in [9.17, 15) is 9.18 Å². The van der Waals surface area contributed by atoms with E-state index in [0.717, 1.165) is 12.8 Å². The summed E-state index contributed by atoms with van der Waals surface area (Å²) < 4.78 is 18.9. The fraction of sp³-hybridized carbons (Fsp3) is 0.533. The molecule has 2 amide bonds. The van der Waals surface area contributed by atoms with Gasteiger partial charge in [0.15, 0.2) is 0 Å². The molecule has 0 saturated heterocycles. The van der Waals surface area contributed by atoms with Gasteiger partial charge in [-0.05, 0) is 37.3 Å². The zero-order valence-corrected chi connectivity index (χ0v) is 12.1. The standard InChI is InChI=1S/C15H21FN2O3/c1-2-12(8-19)17-15(20)18-13-6-5-11(16)7-14(13)21-9-10-3-4-10/h5-7,10,12,19H,2-4,8-9H2,1H3,(H2,17,18,20)/t12-/m1/s1. The molecule has 1 aromatic carbocycles. The number of aliphatic hydroxyl groups is 1. The number of hydrogen-bond donors (Lipinski definition) is 3. The summed E-state index contributed by atoms with van der Waals surface area (Å²) in [5.41, 5.74) is 0.419. The van der Waals surface area contributed by atoms with Crippen LogP contribution in [0.15, 0.2) is 18.2 Å². The first-order valence-corrected chi connectivity index (χ1v) is 7.23. The van der Waals surface area contributed by atoms with Crippen LogP contribution in [0.3, 0.4) is 0 Å². The van der Waals surface area contributed by atoms with E-state index in [-0.39, 0.29) is 12.6 Å². The summed E-state index contributed by atoms with van der Waals surface area (Å²) in [4.78, 5) is 11.8. The molecule has 0 unspecified atom stereocenters. The molecule has 1 fully saturated rings. The maximum absolute atomic E-state index is 13.3. The minimum atomic E-state index is -0.446. The van der Waals surface area contributed by atoms with E-state index < -0.39 is 11.8 Å². The summed E-state index contributed by atoms with van der Waals surface area (Å²) in [6.07, 6.45) is 2.89. The molecular formula is C15H21FN2O3. The Morgan fingerprint density at radius 2 is 2.29 bits per heavy atom. The van der Waals surface area contributed by atoms with Crippen molar-refractivity contribution in [1.29, 1.82) is 0 Å². The highest BCUT2D eigenvalue weighted by atomic mass is 19.1. The van der Waals surface area contributed by atoms with Crippen LogP contribution in [0.2, 0.25) is 0 Å². The van der Waals surface area contributed by atoms with E-state index in [1.807, 2.05) is 6.92 Å². The van der Waals surface area contributed by atoms with Crippen molar-refractivity contribution in [3.05, 3.63) is 24.0 Å². The van der Waals surface area contributed by atoms with E-state index in [0.29, 0.717) is 30.4 Å². The number of carbonyl (C=O) groups excluding carboxylic acids is 1. The molecule has 1 aliphatic rings. The van der Waals surface area contributed by atoms with Crippen molar-refractivity contribution < 1.29 is 19.0 Å². The molecule has 3 N–H and O–H groups in total. The van der Waals surface area contributed by atoms with E-state index in [2.05, 4.69) is 10.6 Å². The topological polar surface area (TPSA) is 70.6 Å². The summed E-state index contributed by atoms with van der Waals surface area (Å²) in [7, 11) is 0. The zero-order chi connectivity index (χ0) is 15.2. The number of halogens is 1. The highest BCUT2D eigenvalue weighted by Crippen LogP contribution is 2.32. The van der Waals surface area contributed by atoms with Crippen molar-refractivity contribution >= 4 is 11.7 Å². The summed E-state index contributed by atoms with van der Waals surface area (Å²) in [5, 5.41) is 14.3. The summed E-state index contributed by atoms with van der Waals surface area (Å²) in [6, 6.07) is 3.25. The molecule has 0 bridgehead atoms. The highest BCUT2D eigenvalue weighted by Gasteiger charge is 2.22. The molecule has 1 atom stereocenters. The maximum atomic E-state index is 13.3. The Balaban J connectivity index is 1.98. The number of nitrogens with one attached hydrogen (secondary N) is 2. The molecular weight excluding hydrogens is 275 g/mol. The van der Waals surface area contributed by atoms with Gasteiger partial charge in [-0.15, -0.1) is 0 Å². The average Bonchev–Trinajstić information content (AvgIpc) is 3.29. The van der Waals surface area contributed by atoms with Crippen LogP contribution in [-0.4, -0.2) is 30.4 Å². The van der Waals surface area contributed by atoms with Crippen LogP contribution in [0.4, 0.5) is 14.9 Å². The quantitative estimate of drug-likeness (QED) is 0.724. The molecule has 0 aliphatic heterocycles. The third-order valence-corrected chi connectivity index (χ3v) is 3.41. The third-order valence-electron chi connectivity index (χ3n) is 3.41. The second-order valence-electron chi connectivity index (χ2n) is 5.28. The molecule has 1 aromatic rings. The van der Waals surface area contributed by atoms with Gasteiger partial charge in [-0.1, -0.05) is 6.92 Å². The Bertz CT molecular complexity index is 488. The van der Waals surface area contributed by atoms with Crippen LogP contribution in [-0.2, 0) is 0 Å². The number of benzene rings is 1. The molecule has 1 saturated carbocycles. The maximum Gasteiger partial charge on any atom is 0.319 e. The number of ether oxygens (including phenoxy) is 1. The Hall–Kier alpha value is -1.82. The zero-order valence-electron chi connectivity index (χ0n) is 12.1. The first-order chi connectivity index (χ1) is 10.1. The van der Waals surface area contributed by atoms with Gasteiger partial charge in [0.2, 0.25) is 0 Å². The van der Waals surface area contributed by atoms with Crippen molar-refractivity contribution in [1.82, 2.24) is 5.32 Å². The van der Waals surface area contributed by atoms with Gasteiger partial charge in [-0.25, -0.2) is 9.18 Å². The van der Waals surface area contributed by atoms with Crippen LogP contribution < -0.4 is 15.4 Å². The molecule has 21 heavy (non-hydrogen) atoms. The van der Waals surface area contributed by atoms with E-state index in [1.54, 1.807) is 0 Å². The molecule has 0 aromatic heterocycles. The Labute approximate surface area is 123 Å². The second-order valence-corrected chi connectivity index (χ2v) is 5.28. The minimum absolute atomic E-state index is 0.127. The first kappa shape index (κ1) is 15.6. The molecule has 1 aliphatic carbocycles. The number of hydrogen-bond acceptors (Lipinski definition) is 3. The number of urea groups is 1. The normalized spacial score (nSPS) is 15.4. The first-order valence-electron chi connectivity index (χ1n) is 7.23. The van der Waals surface area contributed by atoms with Crippen molar-refractivity contribution in [2.24, 2.45) is 5.92 Å². The number of aliphatic hydroxyl groups excluding tert-OH is 1. The van der Waals surface area contributed by atoms with Crippen LogP contribution in [0.1, 0.15) is 26.2 Å². The van der Waals surface area contributed by atoms with E-state index in [1.165, 1.54) is 18.2 Å². The van der Waals surface area contributed by atoms with Gasteiger partial charge >= 0.3 is 6.03 Å². The van der Waals surface area contributed by atoms with E-state index >= 15 is 0 Å². The predicted octanol–water partition coefficient (Wildman–Crippen LogP) is 2.51. The molecule has 116 valence electrons. The van der Waals surface area contributed by atoms with Crippen molar-refractivity contribution in [3.63, 3.8) is 0 Å². The number of rotatable bonds is 7. The smallest absolute Gasteiger partial charge is 0.319 e. The molecule has 2 rings (SSSR count). The third kappa shape index (κ3) is 4.90. The van der Waals surface area contributed by atoms with Gasteiger partial charge in [-0.3, -0.25) is 0 Å². The lowest BCUT2D eigenvalue weighted by Gasteiger charge is -2.16. The summed E-state index contributed by atoms with van der Waals surface area (Å²) >= 11 is 0. The fourth-order valence-electron chi connectivity index (χ4n) is 1.83. The fourth-order valence-corrected chi connectivity index (χ4v) is 1.83. The van der Waals surface area contributed by atoms with Crippen LogP contribution in [0.25, 0.3) is 0 Å². The lowest BCUT2D eigenvalue weighted by molar-refractivity contribution is 0.222. The van der Waals surface area contributed by atoms with Gasteiger partial charge in [0.25, 0.3) is 0 Å². The molecule has 0 radical (unpaired) electrons.